The van der Waals surface area contributed by atoms with Crippen LogP contribution in [-0.2, 0) is 4.57 Å². The fourth-order valence-corrected chi connectivity index (χ4v) is 5.93. The van der Waals surface area contributed by atoms with E-state index < -0.39 is 13.1 Å². The van der Waals surface area contributed by atoms with Crippen molar-refractivity contribution < 1.29 is 19.6 Å². The third kappa shape index (κ3) is 5.41. The Bertz CT molecular complexity index is 852. The maximum atomic E-state index is 13.6. The average molecular weight is 396 g/mol. The first-order chi connectivity index (χ1) is 13.5. The SMILES string of the molecule is CC(CCO)P(=O)(c1ccccc1)c1ccccc1.O=C(O)c1ccccc1. The predicted octanol–water partition coefficient (Wildman–Crippen LogP) is 4.16. The first kappa shape index (κ1) is 21.6. The van der Waals surface area contributed by atoms with Crippen LogP contribution in [0.25, 0.3) is 0 Å². The molecular weight excluding hydrogens is 371 g/mol. The number of carboxylic acids is 1. The highest BCUT2D eigenvalue weighted by molar-refractivity contribution is 7.79. The molecule has 0 fully saturated rings. The second kappa shape index (κ2) is 10.6. The average Bonchev–Trinajstić information content (AvgIpc) is 2.75. The van der Waals surface area contributed by atoms with Gasteiger partial charge in [-0.3, -0.25) is 0 Å². The molecule has 4 nitrogen and oxygen atoms in total. The Balaban J connectivity index is 0.000000261. The van der Waals surface area contributed by atoms with Crippen molar-refractivity contribution in [2.75, 3.05) is 6.61 Å². The van der Waals surface area contributed by atoms with E-state index >= 15 is 0 Å². The Morgan fingerprint density at radius 3 is 1.54 bits per heavy atom. The van der Waals surface area contributed by atoms with Crippen molar-refractivity contribution in [3.63, 3.8) is 0 Å². The van der Waals surface area contributed by atoms with Gasteiger partial charge in [0.05, 0.1) is 5.56 Å². The lowest BCUT2D eigenvalue weighted by Crippen LogP contribution is -2.24. The molecule has 146 valence electrons. The van der Waals surface area contributed by atoms with Crippen molar-refractivity contribution in [1.29, 1.82) is 0 Å². The molecule has 0 heterocycles. The molecule has 0 radical (unpaired) electrons. The summed E-state index contributed by atoms with van der Waals surface area (Å²) >= 11 is 0. The summed E-state index contributed by atoms with van der Waals surface area (Å²) in [6, 6.07) is 27.5. The molecule has 0 spiro atoms. The second-order valence-corrected chi connectivity index (χ2v) is 9.59. The van der Waals surface area contributed by atoms with Gasteiger partial charge < -0.3 is 14.8 Å². The monoisotopic (exact) mass is 396 g/mol. The normalized spacial score (nSPS) is 11.8. The van der Waals surface area contributed by atoms with Crippen molar-refractivity contribution in [2.45, 2.75) is 19.0 Å². The third-order valence-corrected chi connectivity index (χ3v) is 8.10. The highest BCUT2D eigenvalue weighted by Crippen LogP contribution is 2.49. The molecule has 28 heavy (non-hydrogen) atoms. The van der Waals surface area contributed by atoms with Crippen LogP contribution < -0.4 is 10.6 Å². The number of rotatable bonds is 6. The van der Waals surface area contributed by atoms with Gasteiger partial charge in [-0.1, -0.05) is 85.8 Å². The molecule has 2 N–H and O–H groups in total. The van der Waals surface area contributed by atoms with Gasteiger partial charge in [-0.05, 0) is 18.6 Å². The van der Waals surface area contributed by atoms with E-state index in [1.807, 2.05) is 67.6 Å². The van der Waals surface area contributed by atoms with E-state index in [2.05, 4.69) is 0 Å². The van der Waals surface area contributed by atoms with Gasteiger partial charge in [0, 0.05) is 22.9 Å². The standard InChI is InChI=1S/C16H19O2P.C7H6O2/c1-14(12-13-17)19(18,15-8-4-2-5-9-15)16-10-6-3-7-11-16;8-7(9)6-4-2-1-3-5-6/h2-11,14,17H,12-13H2,1H3;1-5H,(H,8,9). The van der Waals surface area contributed by atoms with Crippen LogP contribution in [0.5, 0.6) is 0 Å². The van der Waals surface area contributed by atoms with Gasteiger partial charge >= 0.3 is 5.97 Å². The molecule has 1 unspecified atom stereocenters. The minimum Gasteiger partial charge on any atom is -0.478 e. The smallest absolute Gasteiger partial charge is 0.335 e. The lowest BCUT2D eigenvalue weighted by molar-refractivity contribution is 0.0697. The minimum atomic E-state index is -2.69. The Kier molecular flexibility index (Phi) is 8.19. The second-order valence-electron chi connectivity index (χ2n) is 6.36. The van der Waals surface area contributed by atoms with Gasteiger partial charge in [-0.25, -0.2) is 4.79 Å². The van der Waals surface area contributed by atoms with Gasteiger partial charge in [0.25, 0.3) is 0 Å². The lowest BCUT2D eigenvalue weighted by atomic mass is 10.2. The summed E-state index contributed by atoms with van der Waals surface area (Å²) in [7, 11) is -2.69. The fourth-order valence-electron chi connectivity index (χ4n) is 2.91. The topological polar surface area (TPSA) is 74.6 Å². The van der Waals surface area contributed by atoms with Crippen LogP contribution in [0.2, 0.25) is 0 Å². The number of aliphatic hydroxyl groups excluding tert-OH is 1. The molecule has 0 saturated heterocycles. The number of aromatic carboxylic acids is 1. The van der Waals surface area contributed by atoms with Gasteiger partial charge in [0.15, 0.2) is 0 Å². The summed E-state index contributed by atoms with van der Waals surface area (Å²) < 4.78 is 13.6. The molecule has 3 aromatic carbocycles. The van der Waals surface area contributed by atoms with Crippen LogP contribution in [0.4, 0.5) is 0 Å². The van der Waals surface area contributed by atoms with Crippen LogP contribution in [0.1, 0.15) is 23.7 Å². The quantitative estimate of drug-likeness (QED) is 0.614. The van der Waals surface area contributed by atoms with E-state index in [9.17, 15) is 14.5 Å². The summed E-state index contributed by atoms with van der Waals surface area (Å²) in [5, 5.41) is 19.3. The Labute approximate surface area is 165 Å². The molecule has 1 atom stereocenters. The maximum Gasteiger partial charge on any atom is 0.335 e. The zero-order valence-electron chi connectivity index (χ0n) is 15.8. The summed E-state index contributed by atoms with van der Waals surface area (Å²) in [6.45, 7) is 2.02. The molecule has 0 aromatic heterocycles. The number of hydrogen-bond donors (Lipinski definition) is 2. The number of carboxylic acid groups (broad SMARTS) is 1. The zero-order chi connectivity index (χ0) is 20.4. The van der Waals surface area contributed by atoms with E-state index in [0.29, 0.717) is 12.0 Å². The fraction of sp³-hybridized carbons (Fsp3) is 0.174. The zero-order valence-corrected chi connectivity index (χ0v) is 16.7. The van der Waals surface area contributed by atoms with E-state index in [-0.39, 0.29) is 12.3 Å². The van der Waals surface area contributed by atoms with E-state index in [1.54, 1.807) is 30.3 Å². The van der Waals surface area contributed by atoms with Gasteiger partial charge in [0.2, 0.25) is 0 Å². The predicted molar refractivity (Wildman–Crippen MR) is 114 cm³/mol. The molecule has 3 rings (SSSR count). The highest BCUT2D eigenvalue weighted by atomic mass is 31.2. The van der Waals surface area contributed by atoms with Crippen LogP contribution in [0.15, 0.2) is 91.0 Å². The van der Waals surface area contributed by atoms with Crippen molar-refractivity contribution in [3.8, 4) is 0 Å². The van der Waals surface area contributed by atoms with Crippen LogP contribution in [0, 0.1) is 0 Å². The first-order valence-corrected chi connectivity index (χ1v) is 10.9. The number of benzene rings is 3. The van der Waals surface area contributed by atoms with Gasteiger partial charge in [-0.15, -0.1) is 0 Å². The summed E-state index contributed by atoms with van der Waals surface area (Å²) in [6.07, 6.45) is 0.543. The molecule has 0 aliphatic heterocycles. The van der Waals surface area contributed by atoms with E-state index in [1.165, 1.54) is 0 Å². The van der Waals surface area contributed by atoms with Crippen LogP contribution >= 0.6 is 7.14 Å². The third-order valence-electron chi connectivity index (χ3n) is 4.47. The molecule has 0 amide bonds. The van der Waals surface area contributed by atoms with Crippen LogP contribution in [0.3, 0.4) is 0 Å². The lowest BCUT2D eigenvalue weighted by Gasteiger charge is -2.25. The molecular formula is C23H25O4P. The summed E-state index contributed by atoms with van der Waals surface area (Å²) in [5.74, 6) is -0.879. The summed E-state index contributed by atoms with van der Waals surface area (Å²) in [4.78, 5) is 10.2. The van der Waals surface area contributed by atoms with Crippen LogP contribution in [-0.4, -0.2) is 28.4 Å². The largest absolute Gasteiger partial charge is 0.478 e. The van der Waals surface area contributed by atoms with E-state index in [4.69, 9.17) is 5.11 Å². The number of carbonyl (C=O) groups is 1. The van der Waals surface area contributed by atoms with Gasteiger partial charge in [0.1, 0.15) is 7.14 Å². The molecule has 0 aliphatic carbocycles. The Morgan fingerprint density at radius 1 is 0.821 bits per heavy atom. The number of aliphatic hydroxyl groups is 1. The first-order valence-electron chi connectivity index (χ1n) is 9.10. The Hall–Kier alpha value is -2.68. The highest BCUT2D eigenvalue weighted by Gasteiger charge is 2.32. The van der Waals surface area contributed by atoms with Gasteiger partial charge in [-0.2, -0.15) is 0 Å². The minimum absolute atomic E-state index is 0.0603. The molecule has 3 aromatic rings. The molecule has 0 bridgehead atoms. The van der Waals surface area contributed by atoms with Crippen molar-refractivity contribution in [1.82, 2.24) is 0 Å². The molecule has 0 saturated carbocycles. The molecule has 0 aliphatic rings. The van der Waals surface area contributed by atoms with Crippen molar-refractivity contribution >= 4 is 23.7 Å². The summed E-state index contributed by atoms with van der Waals surface area (Å²) in [5.41, 5.74) is 0.264. The Morgan fingerprint density at radius 2 is 1.21 bits per heavy atom. The number of hydrogen-bond acceptors (Lipinski definition) is 3. The van der Waals surface area contributed by atoms with Crippen molar-refractivity contribution in [2.24, 2.45) is 0 Å². The van der Waals surface area contributed by atoms with Crippen molar-refractivity contribution in [3.05, 3.63) is 96.6 Å². The molecule has 5 heteroatoms. The van der Waals surface area contributed by atoms with E-state index in [0.717, 1.165) is 10.6 Å². The maximum absolute atomic E-state index is 13.6.